The highest BCUT2D eigenvalue weighted by Crippen LogP contribution is 2.44. The number of sulfonamides is 2. The zero-order chi connectivity index (χ0) is 22.2. The minimum Gasteiger partial charge on any atom is -0.497 e. The Kier molecular flexibility index (Phi) is 6.65. The van der Waals surface area contributed by atoms with Crippen LogP contribution < -0.4 is 9.46 Å². The number of rotatable bonds is 7. The standard InChI is InChI=1S/C21H33N3O5S2/c1-29-18-7-6-16-8-11-23-15-17-5-3-10-24(20(17)14-21(23)19(16)13-18)31(27,28)12-4-9-22-30(2,25)26/h6-7,13,17,20-22H,3-5,8-12,14-15H2,1-2H3/t17-,20+,21+/m1/s1. The molecule has 3 aliphatic heterocycles. The third-order valence-electron chi connectivity index (χ3n) is 6.92. The zero-order valence-corrected chi connectivity index (χ0v) is 19.9. The number of piperidine rings is 2. The highest BCUT2D eigenvalue weighted by Gasteiger charge is 2.45. The molecule has 0 saturated carbocycles. The Hall–Kier alpha value is -1.20. The first-order valence-electron chi connectivity index (χ1n) is 11.0. The van der Waals surface area contributed by atoms with Gasteiger partial charge < -0.3 is 4.74 Å². The Morgan fingerprint density at radius 3 is 2.74 bits per heavy atom. The molecule has 0 radical (unpaired) electrons. The van der Waals surface area contributed by atoms with Gasteiger partial charge in [0.05, 0.1) is 19.1 Å². The van der Waals surface area contributed by atoms with E-state index in [1.54, 1.807) is 11.4 Å². The molecule has 0 amide bonds. The number of hydrogen-bond donors (Lipinski definition) is 1. The van der Waals surface area contributed by atoms with Crippen molar-refractivity contribution in [1.82, 2.24) is 13.9 Å². The van der Waals surface area contributed by atoms with E-state index in [9.17, 15) is 16.8 Å². The molecule has 174 valence electrons. The van der Waals surface area contributed by atoms with Crippen LogP contribution in [0.4, 0.5) is 0 Å². The molecule has 10 heteroatoms. The van der Waals surface area contributed by atoms with E-state index in [4.69, 9.17) is 4.74 Å². The lowest BCUT2D eigenvalue weighted by molar-refractivity contribution is 0.0219. The van der Waals surface area contributed by atoms with Crippen LogP contribution in [0.15, 0.2) is 18.2 Å². The van der Waals surface area contributed by atoms with E-state index in [2.05, 4.69) is 21.8 Å². The predicted octanol–water partition coefficient (Wildman–Crippen LogP) is 1.35. The molecule has 0 bridgehead atoms. The number of benzene rings is 1. The summed E-state index contributed by atoms with van der Waals surface area (Å²) in [5.74, 6) is 1.16. The van der Waals surface area contributed by atoms with Crippen molar-refractivity contribution < 1.29 is 21.6 Å². The van der Waals surface area contributed by atoms with Crippen LogP contribution in [-0.4, -0.2) is 77.4 Å². The van der Waals surface area contributed by atoms with Gasteiger partial charge in [0, 0.05) is 38.3 Å². The topological polar surface area (TPSA) is 96.0 Å². The normalized spacial score (nSPS) is 27.2. The number of hydrogen-bond acceptors (Lipinski definition) is 6. The SMILES string of the molecule is COc1ccc2c(c1)[C@@H]1C[C@H]3[C@H](CCCN3S(=O)(=O)CCCNS(C)(=O)=O)CN1CC2. The van der Waals surface area contributed by atoms with E-state index < -0.39 is 20.0 Å². The summed E-state index contributed by atoms with van der Waals surface area (Å²) in [4.78, 5) is 2.52. The smallest absolute Gasteiger partial charge is 0.214 e. The molecule has 3 aliphatic rings. The molecule has 3 heterocycles. The highest BCUT2D eigenvalue weighted by molar-refractivity contribution is 7.89. The Morgan fingerprint density at radius 2 is 2.00 bits per heavy atom. The van der Waals surface area contributed by atoms with Crippen LogP contribution in [-0.2, 0) is 26.5 Å². The molecule has 8 nitrogen and oxygen atoms in total. The molecule has 0 spiro atoms. The maximum absolute atomic E-state index is 13.2. The molecule has 0 aromatic heterocycles. The number of nitrogens with zero attached hydrogens (tertiary/aromatic N) is 2. The zero-order valence-electron chi connectivity index (χ0n) is 18.3. The largest absolute Gasteiger partial charge is 0.497 e. The second-order valence-electron chi connectivity index (χ2n) is 8.98. The van der Waals surface area contributed by atoms with E-state index in [1.807, 2.05) is 6.07 Å². The number of fused-ring (bicyclic) bond motifs is 4. The molecule has 3 atom stereocenters. The Labute approximate surface area is 186 Å². The number of nitrogens with one attached hydrogen (secondary N) is 1. The van der Waals surface area contributed by atoms with Crippen molar-refractivity contribution in [2.75, 3.05) is 45.3 Å². The van der Waals surface area contributed by atoms with Gasteiger partial charge in [0.15, 0.2) is 0 Å². The monoisotopic (exact) mass is 471 g/mol. The third kappa shape index (κ3) is 5.08. The summed E-state index contributed by atoms with van der Waals surface area (Å²) in [6.45, 7) is 2.63. The number of methoxy groups -OCH3 is 1. The first-order chi connectivity index (χ1) is 14.7. The average molecular weight is 472 g/mol. The fraction of sp³-hybridized carbons (Fsp3) is 0.714. The summed E-state index contributed by atoms with van der Waals surface area (Å²) in [5.41, 5.74) is 2.60. The lowest BCUT2D eigenvalue weighted by Gasteiger charge is -2.51. The van der Waals surface area contributed by atoms with Crippen LogP contribution in [0.25, 0.3) is 0 Å². The Balaban J connectivity index is 1.51. The predicted molar refractivity (Wildman–Crippen MR) is 120 cm³/mol. The minimum atomic E-state index is -3.44. The van der Waals surface area contributed by atoms with Gasteiger partial charge in [-0.15, -0.1) is 0 Å². The third-order valence-corrected chi connectivity index (χ3v) is 9.62. The van der Waals surface area contributed by atoms with Crippen molar-refractivity contribution >= 4 is 20.0 Å². The quantitative estimate of drug-likeness (QED) is 0.603. The van der Waals surface area contributed by atoms with Crippen LogP contribution >= 0.6 is 0 Å². The maximum Gasteiger partial charge on any atom is 0.214 e. The first kappa shape index (κ1) is 23.0. The first-order valence-corrected chi connectivity index (χ1v) is 14.5. The Bertz CT molecular complexity index is 1010. The van der Waals surface area contributed by atoms with Gasteiger partial charge in [-0.05, 0) is 61.3 Å². The van der Waals surface area contributed by atoms with E-state index >= 15 is 0 Å². The second kappa shape index (κ2) is 8.97. The van der Waals surface area contributed by atoms with Crippen LogP contribution in [0, 0.1) is 5.92 Å². The van der Waals surface area contributed by atoms with Gasteiger partial charge in [-0.1, -0.05) is 6.07 Å². The molecule has 1 aromatic rings. The maximum atomic E-state index is 13.2. The van der Waals surface area contributed by atoms with Gasteiger partial charge in [0.2, 0.25) is 20.0 Å². The fourth-order valence-electron chi connectivity index (χ4n) is 5.48. The summed E-state index contributed by atoms with van der Waals surface area (Å²) >= 11 is 0. The molecular weight excluding hydrogens is 438 g/mol. The lowest BCUT2D eigenvalue weighted by Crippen LogP contribution is -2.57. The molecule has 4 rings (SSSR count). The Morgan fingerprint density at radius 1 is 1.19 bits per heavy atom. The molecular formula is C21H33N3O5S2. The fourth-order valence-corrected chi connectivity index (χ4v) is 7.82. The van der Waals surface area contributed by atoms with Gasteiger partial charge in [0.25, 0.3) is 0 Å². The molecule has 0 unspecified atom stereocenters. The van der Waals surface area contributed by atoms with Crippen molar-refractivity contribution in [3.05, 3.63) is 29.3 Å². The number of ether oxygens (including phenoxy) is 1. The summed E-state index contributed by atoms with van der Waals surface area (Å²) in [5, 5.41) is 0. The van der Waals surface area contributed by atoms with Crippen molar-refractivity contribution in [3.8, 4) is 5.75 Å². The van der Waals surface area contributed by atoms with E-state index in [0.717, 1.165) is 50.8 Å². The summed E-state index contributed by atoms with van der Waals surface area (Å²) in [6.07, 6.45) is 5.11. The van der Waals surface area contributed by atoms with Crippen molar-refractivity contribution in [2.24, 2.45) is 5.92 Å². The van der Waals surface area contributed by atoms with Crippen LogP contribution in [0.3, 0.4) is 0 Å². The van der Waals surface area contributed by atoms with Crippen molar-refractivity contribution in [3.63, 3.8) is 0 Å². The van der Waals surface area contributed by atoms with Gasteiger partial charge >= 0.3 is 0 Å². The van der Waals surface area contributed by atoms with Crippen LogP contribution in [0.1, 0.15) is 42.9 Å². The van der Waals surface area contributed by atoms with Gasteiger partial charge in [-0.3, -0.25) is 4.90 Å². The van der Waals surface area contributed by atoms with Crippen molar-refractivity contribution in [1.29, 1.82) is 0 Å². The van der Waals surface area contributed by atoms with Crippen molar-refractivity contribution in [2.45, 2.75) is 44.2 Å². The second-order valence-corrected chi connectivity index (χ2v) is 12.9. The molecule has 2 fully saturated rings. The molecule has 1 N–H and O–H groups in total. The average Bonchev–Trinajstić information content (AvgIpc) is 2.73. The summed E-state index contributed by atoms with van der Waals surface area (Å²) < 4.78 is 58.4. The van der Waals surface area contributed by atoms with Gasteiger partial charge in [0.1, 0.15) is 5.75 Å². The molecule has 2 saturated heterocycles. The molecule has 1 aromatic carbocycles. The van der Waals surface area contributed by atoms with Gasteiger partial charge in [-0.25, -0.2) is 21.6 Å². The molecule has 0 aliphatic carbocycles. The van der Waals surface area contributed by atoms with E-state index in [0.29, 0.717) is 12.5 Å². The van der Waals surface area contributed by atoms with E-state index in [1.165, 1.54) is 11.1 Å². The highest BCUT2D eigenvalue weighted by atomic mass is 32.2. The lowest BCUT2D eigenvalue weighted by atomic mass is 9.77. The van der Waals surface area contributed by atoms with Crippen LogP contribution in [0.5, 0.6) is 5.75 Å². The van der Waals surface area contributed by atoms with Gasteiger partial charge in [-0.2, -0.15) is 4.31 Å². The van der Waals surface area contributed by atoms with E-state index in [-0.39, 0.29) is 30.8 Å². The summed E-state index contributed by atoms with van der Waals surface area (Å²) in [6, 6.07) is 6.47. The van der Waals surface area contributed by atoms with Crippen LogP contribution in [0.2, 0.25) is 0 Å². The minimum absolute atomic E-state index is 0.0000167. The molecule has 31 heavy (non-hydrogen) atoms. The summed E-state index contributed by atoms with van der Waals surface area (Å²) in [7, 11) is -5.08.